The first-order valence-corrected chi connectivity index (χ1v) is 8.56. The van der Waals surface area contributed by atoms with Gasteiger partial charge in [-0.25, -0.2) is 0 Å². The lowest BCUT2D eigenvalue weighted by Gasteiger charge is -2.27. The average Bonchev–Trinajstić information content (AvgIpc) is 2.64. The first-order chi connectivity index (χ1) is 10.5. The number of fused-ring (bicyclic) bond motifs is 1. The Balaban J connectivity index is 2.79. The fraction of sp³-hybridized carbons (Fsp3) is 0.455. The Bertz CT molecular complexity index is 562. The van der Waals surface area contributed by atoms with Crippen molar-refractivity contribution in [2.75, 3.05) is 0 Å². The molecule has 0 aliphatic heterocycles. The van der Waals surface area contributed by atoms with Crippen LogP contribution >= 0.6 is 0 Å². The van der Waals surface area contributed by atoms with E-state index >= 15 is 0 Å². The Morgan fingerprint density at radius 2 is 1.82 bits per heavy atom. The summed E-state index contributed by atoms with van der Waals surface area (Å²) < 4.78 is 0. The summed E-state index contributed by atoms with van der Waals surface area (Å²) in [7, 11) is 0. The van der Waals surface area contributed by atoms with Gasteiger partial charge in [0, 0.05) is 11.8 Å². The fourth-order valence-corrected chi connectivity index (χ4v) is 3.98. The van der Waals surface area contributed by atoms with E-state index in [-0.39, 0.29) is 0 Å². The maximum Gasteiger partial charge on any atom is 0.00468 e. The van der Waals surface area contributed by atoms with E-state index < -0.39 is 0 Å². The van der Waals surface area contributed by atoms with E-state index in [9.17, 15) is 0 Å². The second kappa shape index (κ2) is 7.13. The van der Waals surface area contributed by atoms with Crippen molar-refractivity contribution in [1.29, 1.82) is 0 Å². The van der Waals surface area contributed by atoms with E-state index in [1.165, 1.54) is 35.1 Å². The van der Waals surface area contributed by atoms with Crippen molar-refractivity contribution in [3.63, 3.8) is 0 Å². The van der Waals surface area contributed by atoms with E-state index in [1.54, 1.807) is 0 Å². The molecular weight excluding hydrogens is 264 g/mol. The Morgan fingerprint density at radius 1 is 1.09 bits per heavy atom. The fourth-order valence-electron chi connectivity index (χ4n) is 3.98. The molecule has 0 saturated carbocycles. The summed E-state index contributed by atoms with van der Waals surface area (Å²) in [5.41, 5.74) is 5.93. The quantitative estimate of drug-likeness (QED) is 0.429. The molecule has 22 heavy (non-hydrogen) atoms. The highest BCUT2D eigenvalue weighted by Crippen LogP contribution is 2.45. The van der Waals surface area contributed by atoms with E-state index in [0.29, 0.717) is 23.7 Å². The predicted molar refractivity (Wildman–Crippen MR) is 98.7 cm³/mol. The maximum absolute atomic E-state index is 4.15. The Kier molecular flexibility index (Phi) is 5.45. The molecule has 118 valence electrons. The van der Waals surface area contributed by atoms with Crippen molar-refractivity contribution in [2.24, 2.45) is 5.92 Å². The van der Waals surface area contributed by atoms with Crippen molar-refractivity contribution >= 4 is 0 Å². The molecule has 0 N–H and O–H groups in total. The van der Waals surface area contributed by atoms with Gasteiger partial charge in [-0.05, 0) is 53.4 Å². The largest absolute Gasteiger partial charge is 0.103 e. The van der Waals surface area contributed by atoms with Crippen LogP contribution in [0, 0.1) is 5.92 Å². The molecule has 0 amide bonds. The Hall–Kier alpha value is -1.56. The first kappa shape index (κ1) is 16.8. The highest BCUT2D eigenvalue weighted by atomic mass is 14.3. The molecule has 0 heterocycles. The minimum absolute atomic E-state index is 0.439. The molecule has 0 nitrogen and oxygen atoms in total. The lowest BCUT2D eigenvalue weighted by Crippen LogP contribution is -2.12. The minimum Gasteiger partial charge on any atom is -0.103 e. The third-order valence-electron chi connectivity index (χ3n) is 5.19. The number of allylic oxidation sites excluding steroid dienone is 3. The lowest BCUT2D eigenvalue weighted by molar-refractivity contribution is 0.476. The van der Waals surface area contributed by atoms with Crippen LogP contribution in [0.3, 0.4) is 0 Å². The van der Waals surface area contributed by atoms with Crippen LogP contribution in [0.2, 0.25) is 0 Å². The SMILES string of the molecule is C=CCc1ccc(C(C)C)c2c1C(C=C)C(C)CCC2C=C. The van der Waals surface area contributed by atoms with Crippen molar-refractivity contribution in [3.8, 4) is 0 Å². The van der Waals surface area contributed by atoms with Gasteiger partial charge in [0.2, 0.25) is 0 Å². The molecule has 3 unspecified atom stereocenters. The van der Waals surface area contributed by atoms with Gasteiger partial charge >= 0.3 is 0 Å². The second-order valence-electron chi connectivity index (χ2n) is 6.95. The molecule has 1 aromatic rings. The highest BCUT2D eigenvalue weighted by Gasteiger charge is 2.30. The van der Waals surface area contributed by atoms with Crippen molar-refractivity contribution in [3.05, 3.63) is 72.4 Å². The Labute approximate surface area is 136 Å². The van der Waals surface area contributed by atoms with Gasteiger partial charge in [0.05, 0.1) is 0 Å². The predicted octanol–water partition coefficient (Wildman–Crippen LogP) is 6.51. The Morgan fingerprint density at radius 3 is 2.36 bits per heavy atom. The van der Waals surface area contributed by atoms with E-state index in [2.05, 4.69) is 64.8 Å². The summed E-state index contributed by atoms with van der Waals surface area (Å²) in [5, 5.41) is 0. The lowest BCUT2D eigenvalue weighted by atomic mass is 9.77. The molecule has 1 aromatic carbocycles. The molecule has 0 aromatic heterocycles. The second-order valence-corrected chi connectivity index (χ2v) is 6.95. The van der Waals surface area contributed by atoms with Gasteiger partial charge in [-0.2, -0.15) is 0 Å². The summed E-state index contributed by atoms with van der Waals surface area (Å²) in [4.78, 5) is 0. The normalized spacial score (nSPS) is 24.5. The summed E-state index contributed by atoms with van der Waals surface area (Å²) >= 11 is 0. The van der Waals surface area contributed by atoms with Gasteiger partial charge in [0.15, 0.2) is 0 Å². The average molecular weight is 294 g/mol. The van der Waals surface area contributed by atoms with Gasteiger partial charge in [-0.1, -0.05) is 51.1 Å². The maximum atomic E-state index is 4.15. The number of rotatable bonds is 5. The summed E-state index contributed by atoms with van der Waals surface area (Å²) in [6, 6.07) is 4.64. The van der Waals surface area contributed by atoms with Crippen LogP contribution in [0.4, 0.5) is 0 Å². The van der Waals surface area contributed by atoms with Gasteiger partial charge in [-0.3, -0.25) is 0 Å². The minimum atomic E-state index is 0.439. The van der Waals surface area contributed by atoms with Gasteiger partial charge in [-0.15, -0.1) is 19.7 Å². The van der Waals surface area contributed by atoms with Crippen molar-refractivity contribution in [2.45, 2.75) is 57.8 Å². The van der Waals surface area contributed by atoms with Crippen LogP contribution in [0.5, 0.6) is 0 Å². The summed E-state index contributed by atoms with van der Waals surface area (Å²) in [6.45, 7) is 19.2. The molecule has 1 aliphatic carbocycles. The molecule has 0 saturated heterocycles. The molecule has 0 fully saturated rings. The van der Waals surface area contributed by atoms with E-state index in [0.717, 1.165) is 6.42 Å². The molecule has 0 radical (unpaired) electrons. The highest BCUT2D eigenvalue weighted by molar-refractivity contribution is 5.50. The monoisotopic (exact) mass is 294 g/mol. The van der Waals surface area contributed by atoms with Crippen LogP contribution < -0.4 is 0 Å². The third-order valence-corrected chi connectivity index (χ3v) is 5.19. The topological polar surface area (TPSA) is 0 Å². The third kappa shape index (κ3) is 2.97. The molecule has 1 aliphatic rings. The van der Waals surface area contributed by atoms with Crippen LogP contribution in [0.25, 0.3) is 0 Å². The van der Waals surface area contributed by atoms with E-state index in [4.69, 9.17) is 0 Å². The van der Waals surface area contributed by atoms with Gasteiger partial charge < -0.3 is 0 Å². The molecular formula is C22H30. The molecule has 0 bridgehead atoms. The molecule has 0 spiro atoms. The zero-order valence-electron chi connectivity index (χ0n) is 14.4. The zero-order chi connectivity index (χ0) is 16.3. The number of hydrogen-bond donors (Lipinski definition) is 0. The standard InChI is InChI=1S/C22H30/c1-7-10-18-13-14-20(15(4)5)21-17(8-2)12-11-16(6)19(9-3)22(18)21/h7-9,13-17,19H,1-3,10-12H2,4-6H3. The van der Waals surface area contributed by atoms with Crippen molar-refractivity contribution < 1.29 is 0 Å². The van der Waals surface area contributed by atoms with Crippen LogP contribution in [0.15, 0.2) is 50.1 Å². The van der Waals surface area contributed by atoms with Gasteiger partial charge in [0.25, 0.3) is 0 Å². The molecule has 3 atom stereocenters. The van der Waals surface area contributed by atoms with Crippen molar-refractivity contribution in [1.82, 2.24) is 0 Å². The van der Waals surface area contributed by atoms with Crippen LogP contribution in [-0.2, 0) is 6.42 Å². The molecule has 0 heteroatoms. The van der Waals surface area contributed by atoms with E-state index in [1.807, 2.05) is 6.08 Å². The van der Waals surface area contributed by atoms with Gasteiger partial charge in [0.1, 0.15) is 0 Å². The smallest absolute Gasteiger partial charge is 0.00468 e. The number of hydrogen-bond acceptors (Lipinski definition) is 0. The summed E-state index contributed by atoms with van der Waals surface area (Å²) in [5.74, 6) is 2.07. The zero-order valence-corrected chi connectivity index (χ0v) is 14.4. The van der Waals surface area contributed by atoms with Crippen LogP contribution in [-0.4, -0.2) is 0 Å². The summed E-state index contributed by atoms with van der Waals surface area (Å²) in [6.07, 6.45) is 9.68. The number of benzene rings is 1. The molecule has 2 rings (SSSR count). The van der Waals surface area contributed by atoms with Crippen LogP contribution in [0.1, 0.15) is 73.6 Å². The first-order valence-electron chi connectivity index (χ1n) is 8.56.